The van der Waals surface area contributed by atoms with Crippen LogP contribution >= 0.6 is 0 Å². The van der Waals surface area contributed by atoms with E-state index in [9.17, 15) is 12.8 Å². The van der Waals surface area contributed by atoms with Crippen LogP contribution in [0.15, 0.2) is 70.3 Å². The van der Waals surface area contributed by atoms with Crippen LogP contribution in [0.3, 0.4) is 0 Å². The lowest BCUT2D eigenvalue weighted by molar-refractivity contribution is 0.550. The fourth-order valence-electron chi connectivity index (χ4n) is 2.84. The number of halogens is 1. The molecule has 0 fully saturated rings. The van der Waals surface area contributed by atoms with E-state index in [0.717, 1.165) is 5.56 Å². The van der Waals surface area contributed by atoms with Crippen molar-refractivity contribution < 1.29 is 12.8 Å². The van der Waals surface area contributed by atoms with Crippen molar-refractivity contribution in [3.63, 3.8) is 0 Å². The highest BCUT2D eigenvalue weighted by Gasteiger charge is 2.29. The molecule has 5 nitrogen and oxygen atoms in total. The minimum atomic E-state index is -3.52. The Hall–Kier alpha value is -2.80. The lowest BCUT2D eigenvalue weighted by atomic mass is 10.0. The topological polar surface area (TPSA) is 62.1 Å². The van der Waals surface area contributed by atoms with E-state index in [4.69, 9.17) is 0 Å². The van der Waals surface area contributed by atoms with Crippen LogP contribution in [-0.4, -0.2) is 37.2 Å². The average molecular weight is 355 g/mol. The maximum absolute atomic E-state index is 14.6. The van der Waals surface area contributed by atoms with Crippen molar-refractivity contribution in [3.8, 4) is 11.1 Å². The van der Waals surface area contributed by atoms with E-state index in [1.54, 1.807) is 29.4 Å². The number of nitrogens with zero attached hydrogens (tertiary/aromatic N) is 3. The van der Waals surface area contributed by atoms with Gasteiger partial charge in [0.2, 0.25) is 0 Å². The smallest absolute Gasteiger partial charge is 0.256 e. The van der Waals surface area contributed by atoms with Crippen LogP contribution in [0.4, 0.5) is 4.39 Å². The van der Waals surface area contributed by atoms with Crippen LogP contribution in [-0.2, 0) is 10.0 Å². The Bertz CT molecular complexity index is 1030. The highest BCUT2D eigenvalue weighted by atomic mass is 32.2. The zero-order valence-electron chi connectivity index (χ0n) is 13.1. The van der Waals surface area contributed by atoms with Gasteiger partial charge in [0.05, 0.1) is 5.75 Å². The monoisotopic (exact) mass is 355 g/mol. The minimum absolute atomic E-state index is 0.0462. The van der Waals surface area contributed by atoms with Crippen molar-refractivity contribution in [1.82, 2.24) is 4.90 Å². The van der Waals surface area contributed by atoms with Gasteiger partial charge in [-0.05, 0) is 11.6 Å². The molecular weight excluding hydrogens is 341 g/mol. The first kappa shape index (κ1) is 15.7. The molecule has 0 unspecified atom stereocenters. The number of amidine groups is 1. The highest BCUT2D eigenvalue weighted by Crippen LogP contribution is 2.25. The predicted molar refractivity (Wildman–Crippen MR) is 95.4 cm³/mol. The van der Waals surface area contributed by atoms with E-state index in [2.05, 4.69) is 9.39 Å². The van der Waals surface area contributed by atoms with Gasteiger partial charge >= 0.3 is 0 Å². The van der Waals surface area contributed by atoms with Gasteiger partial charge in [-0.3, -0.25) is 4.99 Å². The molecule has 0 bridgehead atoms. The van der Waals surface area contributed by atoms with Crippen molar-refractivity contribution in [2.75, 3.05) is 12.3 Å². The molecule has 0 amide bonds. The molecule has 2 aromatic carbocycles. The van der Waals surface area contributed by atoms with Gasteiger partial charge in [0.15, 0.2) is 5.84 Å². The van der Waals surface area contributed by atoms with E-state index >= 15 is 0 Å². The summed E-state index contributed by atoms with van der Waals surface area (Å²) >= 11 is 0. The summed E-state index contributed by atoms with van der Waals surface area (Å²) < 4.78 is 42.1. The number of sulfonamides is 1. The molecule has 0 radical (unpaired) electrons. The number of hydrogen-bond acceptors (Lipinski definition) is 4. The predicted octanol–water partition coefficient (Wildman–Crippen LogP) is 2.81. The van der Waals surface area contributed by atoms with Crippen molar-refractivity contribution in [2.24, 2.45) is 9.39 Å². The highest BCUT2D eigenvalue weighted by molar-refractivity contribution is 7.90. The van der Waals surface area contributed by atoms with Gasteiger partial charge in [0, 0.05) is 30.1 Å². The first-order valence-corrected chi connectivity index (χ1v) is 9.34. The van der Waals surface area contributed by atoms with Crippen LogP contribution in [0.1, 0.15) is 5.56 Å². The summed E-state index contributed by atoms with van der Waals surface area (Å²) in [5.41, 5.74) is 2.09. The Morgan fingerprint density at radius 3 is 2.60 bits per heavy atom. The Morgan fingerprint density at radius 2 is 1.84 bits per heavy atom. The van der Waals surface area contributed by atoms with E-state index in [0.29, 0.717) is 23.4 Å². The van der Waals surface area contributed by atoms with Crippen LogP contribution in [0.25, 0.3) is 11.1 Å². The van der Waals surface area contributed by atoms with Gasteiger partial charge < -0.3 is 4.90 Å². The maximum Gasteiger partial charge on any atom is 0.256 e. The van der Waals surface area contributed by atoms with Crippen molar-refractivity contribution >= 4 is 21.6 Å². The van der Waals surface area contributed by atoms with Gasteiger partial charge in [0.1, 0.15) is 11.5 Å². The fraction of sp³-hybridized carbons (Fsp3) is 0.111. The molecule has 7 heteroatoms. The molecule has 2 aromatic rings. The third kappa shape index (κ3) is 2.98. The van der Waals surface area contributed by atoms with Crippen LogP contribution < -0.4 is 0 Å². The lowest BCUT2D eigenvalue weighted by Gasteiger charge is -2.28. The molecular formula is C18H14FN3O2S. The summed E-state index contributed by atoms with van der Waals surface area (Å²) in [5, 5.41) is 0. The number of benzene rings is 2. The van der Waals surface area contributed by atoms with Crippen molar-refractivity contribution in [2.45, 2.75) is 0 Å². The molecule has 126 valence electrons. The number of hydrogen-bond donors (Lipinski definition) is 0. The summed E-state index contributed by atoms with van der Waals surface area (Å²) in [7, 11) is -3.52. The largest absolute Gasteiger partial charge is 0.328 e. The zero-order chi connectivity index (χ0) is 17.4. The number of aliphatic imine (C=N–C) groups is 1. The molecule has 2 aliphatic rings. The van der Waals surface area contributed by atoms with Crippen molar-refractivity contribution in [1.29, 1.82) is 0 Å². The SMILES string of the molecule is O=S1(=O)CCN2C=CN=C(c3ccc(-c4ccccc4)c(F)c3)C2=N1. The first-order valence-electron chi connectivity index (χ1n) is 7.73. The number of rotatable bonds is 2. The molecule has 0 saturated carbocycles. The molecule has 0 aliphatic carbocycles. The molecule has 4 rings (SSSR count). The second-order valence-corrected chi connectivity index (χ2v) is 7.49. The van der Waals surface area contributed by atoms with Crippen LogP contribution in [0.5, 0.6) is 0 Å². The van der Waals surface area contributed by atoms with E-state index < -0.39 is 15.8 Å². The third-order valence-electron chi connectivity index (χ3n) is 4.08. The maximum atomic E-state index is 14.6. The summed E-state index contributed by atoms with van der Waals surface area (Å²) in [4.78, 5) is 5.94. The minimum Gasteiger partial charge on any atom is -0.328 e. The standard InChI is InChI=1S/C18H14FN3O2S/c19-16-12-14(6-7-15(16)13-4-2-1-3-5-13)17-18-21-25(23,24)11-10-22(18)9-8-20-17/h1-9,12H,10-11H2. The molecule has 0 N–H and O–H groups in total. The second-order valence-electron chi connectivity index (χ2n) is 5.73. The van der Waals surface area contributed by atoms with Crippen molar-refractivity contribution in [3.05, 3.63) is 72.3 Å². The Kier molecular flexibility index (Phi) is 3.73. The zero-order valence-corrected chi connectivity index (χ0v) is 13.9. The Balaban J connectivity index is 1.77. The van der Waals surface area contributed by atoms with E-state index in [1.807, 2.05) is 30.3 Å². The van der Waals surface area contributed by atoms with Gasteiger partial charge in [-0.25, -0.2) is 12.8 Å². The fourth-order valence-corrected chi connectivity index (χ4v) is 3.81. The van der Waals surface area contributed by atoms with Gasteiger partial charge in [0.25, 0.3) is 10.0 Å². The molecule has 0 atom stereocenters. The molecule has 2 aliphatic heterocycles. The third-order valence-corrected chi connectivity index (χ3v) is 5.23. The first-order chi connectivity index (χ1) is 12.0. The van der Waals surface area contributed by atoms with E-state index in [1.165, 1.54) is 6.07 Å². The average Bonchev–Trinajstić information content (AvgIpc) is 2.61. The lowest BCUT2D eigenvalue weighted by Crippen LogP contribution is -2.42. The van der Waals surface area contributed by atoms with E-state index in [-0.39, 0.29) is 11.6 Å². The number of fused-ring (bicyclic) bond motifs is 1. The second kappa shape index (κ2) is 5.93. The van der Waals surface area contributed by atoms with Gasteiger partial charge in [-0.2, -0.15) is 0 Å². The summed E-state index contributed by atoms with van der Waals surface area (Å²) in [6.45, 7) is 0.307. The quantitative estimate of drug-likeness (QED) is 0.832. The molecule has 0 spiro atoms. The summed E-state index contributed by atoms with van der Waals surface area (Å²) in [5.74, 6) is -0.206. The summed E-state index contributed by atoms with van der Waals surface area (Å²) in [6.07, 6.45) is 3.24. The van der Waals surface area contributed by atoms with Crippen LogP contribution in [0, 0.1) is 5.82 Å². The van der Waals surface area contributed by atoms with Gasteiger partial charge in [-0.15, -0.1) is 4.40 Å². The summed E-state index contributed by atoms with van der Waals surface area (Å²) in [6, 6.07) is 14.0. The Morgan fingerprint density at radius 1 is 1.04 bits per heavy atom. The molecule has 25 heavy (non-hydrogen) atoms. The normalized spacial score (nSPS) is 18.4. The molecule has 0 aromatic heterocycles. The van der Waals surface area contributed by atoms with Gasteiger partial charge in [-0.1, -0.05) is 42.5 Å². The molecule has 0 saturated heterocycles. The van der Waals surface area contributed by atoms with Crippen LogP contribution in [0.2, 0.25) is 0 Å². The Labute approximate surface area is 144 Å². The molecule has 2 heterocycles.